The average Bonchev–Trinajstić information content (AvgIpc) is 1.59. The third kappa shape index (κ3) is 13.9. The number of carboxylic acids is 1. The van der Waals surface area contributed by atoms with Gasteiger partial charge in [-0.3, -0.25) is 4.79 Å². The Morgan fingerprint density at radius 3 is 2.18 bits per heavy atom. The van der Waals surface area contributed by atoms with Crippen molar-refractivity contribution in [3.63, 3.8) is 0 Å². The number of rotatable bonds is 4. The summed E-state index contributed by atoms with van der Waals surface area (Å²) >= 11 is 0. The van der Waals surface area contributed by atoms with Crippen LogP contribution in [0.5, 0.6) is 0 Å². The summed E-state index contributed by atoms with van der Waals surface area (Å²) < 4.78 is 33.9. The first kappa shape index (κ1) is 14.4. The van der Waals surface area contributed by atoms with E-state index in [1.807, 2.05) is 0 Å². The zero-order valence-corrected chi connectivity index (χ0v) is 9.10. The van der Waals surface area contributed by atoms with E-state index < -0.39 is 25.9 Å². The van der Waals surface area contributed by atoms with E-state index >= 15 is 0 Å². The van der Waals surface area contributed by atoms with E-state index in [9.17, 15) is 17.7 Å². The predicted molar refractivity (Wildman–Crippen MR) is 29.6 cm³/mol. The minimum absolute atomic E-state index is 0. The zero-order valence-electron chi connectivity index (χ0n) is 5.98. The van der Waals surface area contributed by atoms with Crippen LogP contribution < -0.4 is 56.7 Å². The summed E-state index contributed by atoms with van der Waals surface area (Å²) in [4.78, 5) is 9.66. The Bertz CT molecular complexity index is 130. The van der Waals surface area contributed by atoms with Gasteiger partial charge in [0.05, 0.1) is 6.54 Å². The van der Waals surface area contributed by atoms with E-state index in [0.29, 0.717) is 0 Å². The molecule has 0 radical (unpaired) electrons. The molecule has 0 aliphatic carbocycles. The number of nitrogens with one attached hydrogen (secondary N) is 1. The second-order valence-electron chi connectivity index (χ2n) is 1.73. The molecule has 60 valence electrons. The Morgan fingerprint density at radius 1 is 1.45 bits per heavy atom. The first-order valence-electron chi connectivity index (χ1n) is 2.55. The van der Waals surface area contributed by atoms with E-state index in [1.165, 1.54) is 0 Å². The monoisotopic (exact) mass is 195 g/mol. The predicted octanol–water partition coefficient (Wildman–Crippen LogP) is -2.95. The SMILES string of the molecule is O=C(O)CNC[B-](F)(F)F.[K+]. The Hall–Kier alpha value is 0.921. The number of carbonyl (C=O) groups is 1. The molecule has 0 aliphatic rings. The van der Waals surface area contributed by atoms with Gasteiger partial charge in [0.1, 0.15) is 0 Å². The first-order chi connectivity index (χ1) is 4.42. The van der Waals surface area contributed by atoms with Gasteiger partial charge in [-0.2, -0.15) is 0 Å². The van der Waals surface area contributed by atoms with Gasteiger partial charge in [0.2, 0.25) is 0 Å². The largest absolute Gasteiger partial charge is 1.00 e. The van der Waals surface area contributed by atoms with E-state index in [2.05, 4.69) is 0 Å². The van der Waals surface area contributed by atoms with Gasteiger partial charge in [0, 0.05) is 0 Å². The third-order valence-corrected chi connectivity index (χ3v) is 0.652. The van der Waals surface area contributed by atoms with Crippen molar-refractivity contribution in [2.45, 2.75) is 0 Å². The average molecular weight is 195 g/mol. The molecule has 2 N–H and O–H groups in total. The third-order valence-electron chi connectivity index (χ3n) is 0.652. The van der Waals surface area contributed by atoms with E-state index in [-0.39, 0.29) is 51.4 Å². The Labute approximate surface area is 104 Å². The fourth-order valence-electron chi connectivity index (χ4n) is 0.343. The normalized spacial score (nSPS) is 10.5. The molecule has 0 aromatic rings. The fourth-order valence-corrected chi connectivity index (χ4v) is 0.343. The second-order valence-corrected chi connectivity index (χ2v) is 1.73. The molecule has 11 heavy (non-hydrogen) atoms. The molecular weight excluding hydrogens is 189 g/mol. The van der Waals surface area contributed by atoms with E-state index in [1.54, 1.807) is 5.32 Å². The summed E-state index contributed by atoms with van der Waals surface area (Å²) in [6.45, 7) is -5.56. The summed E-state index contributed by atoms with van der Waals surface area (Å²) in [5.41, 5.74) is 0. The summed E-state index contributed by atoms with van der Waals surface area (Å²) in [6.07, 6.45) is -1.20. The maximum absolute atomic E-state index is 11.3. The van der Waals surface area contributed by atoms with Gasteiger partial charge >= 0.3 is 64.3 Å². The number of aliphatic carboxylic acids is 1. The van der Waals surface area contributed by atoms with Gasteiger partial charge in [0.25, 0.3) is 0 Å². The number of hydrogen-bond acceptors (Lipinski definition) is 2. The van der Waals surface area contributed by atoms with Crippen LogP contribution in [0.25, 0.3) is 0 Å². The molecule has 0 spiro atoms. The van der Waals surface area contributed by atoms with Crippen LogP contribution in [0.2, 0.25) is 0 Å². The van der Waals surface area contributed by atoms with Crippen LogP contribution in [0.1, 0.15) is 0 Å². The van der Waals surface area contributed by atoms with Crippen molar-refractivity contribution in [2.75, 3.05) is 13.0 Å². The molecule has 0 aliphatic heterocycles. The summed E-state index contributed by atoms with van der Waals surface area (Å²) in [5.74, 6) is -1.29. The van der Waals surface area contributed by atoms with Gasteiger partial charge < -0.3 is 23.4 Å². The van der Waals surface area contributed by atoms with E-state index in [4.69, 9.17) is 5.11 Å². The molecule has 8 heteroatoms. The molecule has 0 aromatic heterocycles. The first-order valence-corrected chi connectivity index (χ1v) is 2.55. The molecule has 0 rings (SSSR count). The van der Waals surface area contributed by atoms with Crippen LogP contribution in [-0.4, -0.2) is 31.0 Å². The van der Waals surface area contributed by atoms with Crippen molar-refractivity contribution in [1.29, 1.82) is 0 Å². The van der Waals surface area contributed by atoms with Gasteiger partial charge in [-0.05, 0) is 6.44 Å². The van der Waals surface area contributed by atoms with E-state index in [0.717, 1.165) is 0 Å². The molecule has 0 aromatic carbocycles. The summed E-state index contributed by atoms with van der Waals surface area (Å²) in [5, 5.41) is 9.62. The maximum Gasteiger partial charge on any atom is 1.00 e. The van der Waals surface area contributed by atoms with Crippen molar-refractivity contribution in [2.24, 2.45) is 0 Å². The Balaban J connectivity index is 0. The van der Waals surface area contributed by atoms with Crippen LogP contribution >= 0.6 is 0 Å². The molecule has 0 fully saturated rings. The van der Waals surface area contributed by atoms with Crippen molar-refractivity contribution >= 4 is 12.9 Å². The molecule has 0 saturated heterocycles. The molecular formula is C3H6BF3KNO2. The number of halogens is 3. The van der Waals surface area contributed by atoms with Crippen LogP contribution in [-0.2, 0) is 4.79 Å². The summed E-state index contributed by atoms with van der Waals surface area (Å²) in [7, 11) is 0. The standard InChI is InChI=1S/C3H6BF3NO2.K/c5-4(6,7)2-8-1-3(9)10;/h8H,1-2H2,(H,9,10);/q-1;+1. The smallest absolute Gasteiger partial charge is 0.480 e. The van der Waals surface area contributed by atoms with Crippen LogP contribution in [0.4, 0.5) is 12.9 Å². The topological polar surface area (TPSA) is 49.3 Å². The van der Waals surface area contributed by atoms with Crippen LogP contribution in [0.15, 0.2) is 0 Å². The molecule has 0 saturated carbocycles. The Morgan fingerprint density at radius 2 is 1.91 bits per heavy atom. The van der Waals surface area contributed by atoms with Crippen molar-refractivity contribution in [1.82, 2.24) is 5.32 Å². The van der Waals surface area contributed by atoms with Gasteiger partial charge in [-0.1, -0.05) is 0 Å². The quantitative estimate of drug-likeness (QED) is 0.471. The van der Waals surface area contributed by atoms with Crippen molar-refractivity contribution < 1.29 is 74.2 Å². The molecule has 0 atom stereocenters. The van der Waals surface area contributed by atoms with Crippen molar-refractivity contribution in [3.8, 4) is 0 Å². The number of carboxylic acid groups (broad SMARTS) is 1. The minimum Gasteiger partial charge on any atom is -0.480 e. The molecule has 0 unspecified atom stereocenters. The molecule has 0 heterocycles. The van der Waals surface area contributed by atoms with Crippen LogP contribution in [0, 0.1) is 0 Å². The van der Waals surface area contributed by atoms with Gasteiger partial charge in [-0.25, -0.2) is 0 Å². The molecule has 0 bridgehead atoms. The fraction of sp³-hybridized carbons (Fsp3) is 0.667. The van der Waals surface area contributed by atoms with Crippen molar-refractivity contribution in [3.05, 3.63) is 0 Å². The molecule has 3 nitrogen and oxygen atoms in total. The number of hydrogen-bond donors (Lipinski definition) is 2. The Kier molecular flexibility index (Phi) is 8.46. The molecule has 0 amide bonds. The zero-order chi connectivity index (χ0) is 8.20. The maximum atomic E-state index is 11.3. The van der Waals surface area contributed by atoms with Crippen LogP contribution in [0.3, 0.4) is 0 Å². The second kappa shape index (κ2) is 6.44. The minimum atomic E-state index is -4.91. The van der Waals surface area contributed by atoms with Gasteiger partial charge in [-0.15, -0.1) is 0 Å². The van der Waals surface area contributed by atoms with Gasteiger partial charge in [0.15, 0.2) is 0 Å². The summed E-state index contributed by atoms with van der Waals surface area (Å²) in [6, 6.07) is 0.